The molecular weight excluding hydrogens is 316 g/mol. The largest absolute Gasteiger partial charge is 0.354 e. The highest BCUT2D eigenvalue weighted by atomic mass is 14.7. The average molecular weight is 340 g/mol. The SMILES string of the molecule is CCCCCc1c2[nH]c3ccccc3c2c(C)c2[nH]c3ccccc3c12. The Hall–Kier alpha value is -2.74. The van der Waals surface area contributed by atoms with Crippen LogP contribution in [-0.4, -0.2) is 9.97 Å². The van der Waals surface area contributed by atoms with Crippen LogP contribution in [0.2, 0.25) is 0 Å². The molecule has 5 rings (SSSR count). The molecule has 0 saturated carbocycles. The standard InChI is InChI=1S/C24H24N2/c1-3-4-5-12-18-22-17-11-7-9-14-20(17)25-23(22)15(2)21-16-10-6-8-13-19(16)26-24(18)21/h6-11,13-14,25-26H,3-5,12H2,1-2H3. The van der Waals surface area contributed by atoms with Crippen LogP contribution in [0.1, 0.15) is 37.3 Å². The Morgan fingerprint density at radius 3 is 2.04 bits per heavy atom. The highest BCUT2D eigenvalue weighted by Crippen LogP contribution is 2.40. The third-order valence-electron chi connectivity index (χ3n) is 5.80. The first kappa shape index (κ1) is 15.5. The van der Waals surface area contributed by atoms with Crippen LogP contribution in [-0.2, 0) is 6.42 Å². The van der Waals surface area contributed by atoms with Gasteiger partial charge in [0, 0.05) is 32.6 Å². The van der Waals surface area contributed by atoms with Crippen molar-refractivity contribution in [3.8, 4) is 0 Å². The molecule has 0 spiro atoms. The third-order valence-corrected chi connectivity index (χ3v) is 5.80. The van der Waals surface area contributed by atoms with Crippen molar-refractivity contribution in [1.29, 1.82) is 0 Å². The summed E-state index contributed by atoms with van der Waals surface area (Å²) in [6.45, 7) is 4.53. The zero-order valence-corrected chi connectivity index (χ0v) is 15.4. The van der Waals surface area contributed by atoms with Crippen molar-refractivity contribution in [1.82, 2.24) is 9.97 Å². The van der Waals surface area contributed by atoms with E-state index in [2.05, 4.69) is 72.3 Å². The van der Waals surface area contributed by atoms with Gasteiger partial charge in [0.1, 0.15) is 0 Å². The van der Waals surface area contributed by atoms with Gasteiger partial charge in [-0.25, -0.2) is 0 Å². The van der Waals surface area contributed by atoms with Crippen LogP contribution in [0.5, 0.6) is 0 Å². The molecule has 2 aromatic heterocycles. The molecule has 130 valence electrons. The zero-order valence-electron chi connectivity index (χ0n) is 15.4. The van der Waals surface area contributed by atoms with Gasteiger partial charge in [-0.3, -0.25) is 0 Å². The molecule has 2 heterocycles. The summed E-state index contributed by atoms with van der Waals surface area (Å²) in [7, 11) is 0. The molecule has 0 unspecified atom stereocenters. The van der Waals surface area contributed by atoms with Crippen molar-refractivity contribution >= 4 is 43.6 Å². The van der Waals surface area contributed by atoms with Crippen molar-refractivity contribution in [3.05, 3.63) is 59.7 Å². The predicted molar refractivity (Wildman–Crippen MR) is 113 cm³/mol. The lowest BCUT2D eigenvalue weighted by atomic mass is 9.94. The van der Waals surface area contributed by atoms with E-state index in [-0.39, 0.29) is 0 Å². The number of hydrogen-bond donors (Lipinski definition) is 2. The Balaban J connectivity index is 1.96. The molecule has 0 fully saturated rings. The van der Waals surface area contributed by atoms with E-state index in [0.717, 1.165) is 6.42 Å². The molecule has 2 heteroatoms. The Bertz CT molecular complexity index is 1250. The quantitative estimate of drug-likeness (QED) is 0.330. The molecule has 0 radical (unpaired) electrons. The van der Waals surface area contributed by atoms with Crippen LogP contribution < -0.4 is 0 Å². The van der Waals surface area contributed by atoms with E-state index in [9.17, 15) is 0 Å². The normalized spacial score (nSPS) is 12.1. The highest BCUT2D eigenvalue weighted by Gasteiger charge is 2.19. The van der Waals surface area contributed by atoms with Crippen LogP contribution in [0.25, 0.3) is 43.6 Å². The van der Waals surface area contributed by atoms with E-state index in [1.807, 2.05) is 0 Å². The molecular formula is C24H24N2. The number of nitrogens with one attached hydrogen (secondary N) is 2. The number of unbranched alkanes of at least 4 members (excludes halogenated alkanes) is 2. The summed E-state index contributed by atoms with van der Waals surface area (Å²) in [6, 6.07) is 17.4. The molecule has 0 aliphatic carbocycles. The number of hydrogen-bond acceptors (Lipinski definition) is 0. The smallest absolute Gasteiger partial charge is 0.0507 e. The average Bonchev–Trinajstić information content (AvgIpc) is 3.24. The molecule has 0 saturated heterocycles. The molecule has 0 aliphatic heterocycles. The topological polar surface area (TPSA) is 31.6 Å². The summed E-state index contributed by atoms with van der Waals surface area (Å²) >= 11 is 0. The van der Waals surface area contributed by atoms with Crippen molar-refractivity contribution in [3.63, 3.8) is 0 Å². The molecule has 0 aliphatic rings. The highest BCUT2D eigenvalue weighted by molar-refractivity contribution is 6.21. The Labute approximate surface area is 153 Å². The van der Waals surface area contributed by atoms with E-state index in [0.29, 0.717) is 0 Å². The number of fused-ring (bicyclic) bond motifs is 6. The predicted octanol–water partition coefficient (Wildman–Crippen LogP) is 7.00. The number of para-hydroxylation sites is 2. The van der Waals surface area contributed by atoms with Crippen molar-refractivity contribution in [2.45, 2.75) is 39.5 Å². The summed E-state index contributed by atoms with van der Waals surface area (Å²) in [5.41, 5.74) is 7.93. The van der Waals surface area contributed by atoms with Gasteiger partial charge in [-0.1, -0.05) is 56.2 Å². The van der Waals surface area contributed by atoms with Gasteiger partial charge in [-0.15, -0.1) is 0 Å². The van der Waals surface area contributed by atoms with Crippen molar-refractivity contribution < 1.29 is 0 Å². The summed E-state index contributed by atoms with van der Waals surface area (Å²) in [6.07, 6.45) is 4.88. The van der Waals surface area contributed by atoms with Crippen LogP contribution in [0, 0.1) is 6.92 Å². The minimum Gasteiger partial charge on any atom is -0.354 e. The fraction of sp³-hybridized carbons (Fsp3) is 0.250. The van der Waals surface area contributed by atoms with Crippen LogP contribution >= 0.6 is 0 Å². The maximum absolute atomic E-state index is 3.75. The fourth-order valence-electron chi connectivity index (χ4n) is 4.55. The number of H-pyrrole nitrogens is 2. The lowest BCUT2D eigenvalue weighted by molar-refractivity contribution is 0.721. The second-order valence-electron chi connectivity index (χ2n) is 7.40. The maximum Gasteiger partial charge on any atom is 0.0507 e. The Kier molecular flexibility index (Phi) is 3.53. The second-order valence-corrected chi connectivity index (χ2v) is 7.40. The molecule has 2 nitrogen and oxygen atoms in total. The maximum atomic E-state index is 3.75. The van der Waals surface area contributed by atoms with Crippen LogP contribution in [0.3, 0.4) is 0 Å². The van der Waals surface area contributed by atoms with E-state index in [1.165, 1.54) is 74.0 Å². The van der Waals surface area contributed by atoms with E-state index in [4.69, 9.17) is 0 Å². The van der Waals surface area contributed by atoms with E-state index < -0.39 is 0 Å². The van der Waals surface area contributed by atoms with E-state index >= 15 is 0 Å². The number of aryl methyl sites for hydroxylation is 2. The van der Waals surface area contributed by atoms with Crippen LogP contribution in [0.4, 0.5) is 0 Å². The second kappa shape index (κ2) is 5.91. The minimum atomic E-state index is 1.12. The Morgan fingerprint density at radius 2 is 1.35 bits per heavy atom. The lowest BCUT2D eigenvalue weighted by Crippen LogP contribution is -1.92. The number of aromatic nitrogens is 2. The molecule has 26 heavy (non-hydrogen) atoms. The van der Waals surface area contributed by atoms with Gasteiger partial charge in [0.25, 0.3) is 0 Å². The van der Waals surface area contributed by atoms with Gasteiger partial charge >= 0.3 is 0 Å². The van der Waals surface area contributed by atoms with Gasteiger partial charge < -0.3 is 9.97 Å². The molecule has 3 aromatic carbocycles. The van der Waals surface area contributed by atoms with Gasteiger partial charge in [0.2, 0.25) is 0 Å². The van der Waals surface area contributed by atoms with Crippen LogP contribution in [0.15, 0.2) is 48.5 Å². The molecule has 5 aromatic rings. The van der Waals surface area contributed by atoms with Gasteiger partial charge in [-0.2, -0.15) is 0 Å². The molecule has 2 N–H and O–H groups in total. The monoisotopic (exact) mass is 340 g/mol. The molecule has 0 bridgehead atoms. The fourth-order valence-corrected chi connectivity index (χ4v) is 4.55. The summed E-state index contributed by atoms with van der Waals surface area (Å²) in [4.78, 5) is 7.46. The van der Waals surface area contributed by atoms with Crippen molar-refractivity contribution in [2.75, 3.05) is 0 Å². The lowest BCUT2D eigenvalue weighted by Gasteiger charge is -2.10. The third kappa shape index (κ3) is 2.11. The zero-order chi connectivity index (χ0) is 17.7. The first-order valence-corrected chi connectivity index (χ1v) is 9.72. The number of benzene rings is 3. The van der Waals surface area contributed by atoms with Crippen molar-refractivity contribution in [2.24, 2.45) is 0 Å². The van der Waals surface area contributed by atoms with E-state index in [1.54, 1.807) is 0 Å². The first-order chi connectivity index (χ1) is 12.8. The van der Waals surface area contributed by atoms with Gasteiger partial charge in [0.15, 0.2) is 0 Å². The van der Waals surface area contributed by atoms with Gasteiger partial charge in [-0.05, 0) is 43.0 Å². The summed E-state index contributed by atoms with van der Waals surface area (Å²) < 4.78 is 0. The number of rotatable bonds is 4. The van der Waals surface area contributed by atoms with Gasteiger partial charge in [0.05, 0.1) is 11.0 Å². The minimum absolute atomic E-state index is 1.12. The molecule has 0 atom stereocenters. The molecule has 0 amide bonds. The first-order valence-electron chi connectivity index (χ1n) is 9.72. The summed E-state index contributed by atoms with van der Waals surface area (Å²) in [5.74, 6) is 0. The number of aromatic amines is 2. The Morgan fingerprint density at radius 1 is 0.731 bits per heavy atom. The summed E-state index contributed by atoms with van der Waals surface area (Å²) in [5, 5.41) is 5.47.